The Balaban J connectivity index is 1.92. The summed E-state index contributed by atoms with van der Waals surface area (Å²) in [6.07, 6.45) is 0. The zero-order valence-electron chi connectivity index (χ0n) is 20.4. The molecule has 7 heteroatoms. The second-order valence-electron chi connectivity index (χ2n) is 8.56. The van der Waals surface area contributed by atoms with Gasteiger partial charge in [-0.2, -0.15) is 0 Å². The molecule has 4 rings (SSSR count). The zero-order valence-corrected chi connectivity index (χ0v) is 20.4. The quantitative estimate of drug-likeness (QED) is 0.318. The molecule has 1 amide bonds. The first kappa shape index (κ1) is 23.9. The smallest absolute Gasteiger partial charge is 0.300 e. The molecule has 1 N–H and O–H groups in total. The van der Waals surface area contributed by atoms with Gasteiger partial charge in [-0.3, -0.25) is 14.5 Å². The molecular formula is C28H28N2O5. The maximum atomic E-state index is 13.4. The SMILES string of the molecule is COc1ccc(/C(O)=C2/C(=O)C(=O)N(c3ccc(N(C)C)cc3)C2c2cccc(C)c2)cc1OC. The number of benzene rings is 3. The van der Waals surface area contributed by atoms with Crippen molar-refractivity contribution in [1.82, 2.24) is 0 Å². The lowest BCUT2D eigenvalue weighted by molar-refractivity contribution is -0.132. The average molecular weight is 473 g/mol. The minimum absolute atomic E-state index is 0.0181. The minimum atomic E-state index is -0.798. The van der Waals surface area contributed by atoms with Crippen LogP contribution in [0.2, 0.25) is 0 Å². The molecule has 7 nitrogen and oxygen atoms in total. The number of anilines is 2. The predicted molar refractivity (Wildman–Crippen MR) is 136 cm³/mol. The number of aliphatic hydroxyl groups is 1. The molecule has 0 bridgehead atoms. The summed E-state index contributed by atoms with van der Waals surface area (Å²) >= 11 is 0. The highest BCUT2D eigenvalue weighted by molar-refractivity contribution is 6.51. The lowest BCUT2D eigenvalue weighted by Crippen LogP contribution is -2.29. The van der Waals surface area contributed by atoms with E-state index in [2.05, 4.69) is 0 Å². The summed E-state index contributed by atoms with van der Waals surface area (Å²) in [7, 11) is 6.86. The lowest BCUT2D eigenvalue weighted by Gasteiger charge is -2.26. The summed E-state index contributed by atoms with van der Waals surface area (Å²) in [5.74, 6) is -0.835. The molecule has 1 unspecified atom stereocenters. The Morgan fingerprint density at radius 3 is 2.20 bits per heavy atom. The largest absolute Gasteiger partial charge is 0.507 e. The van der Waals surface area contributed by atoms with Crippen LogP contribution in [0.3, 0.4) is 0 Å². The highest BCUT2D eigenvalue weighted by Gasteiger charge is 2.47. The van der Waals surface area contributed by atoms with Gasteiger partial charge in [0.05, 0.1) is 25.8 Å². The minimum Gasteiger partial charge on any atom is -0.507 e. The fourth-order valence-electron chi connectivity index (χ4n) is 4.30. The van der Waals surface area contributed by atoms with E-state index in [-0.39, 0.29) is 11.3 Å². The van der Waals surface area contributed by atoms with Crippen LogP contribution < -0.4 is 19.3 Å². The Morgan fingerprint density at radius 1 is 0.914 bits per heavy atom. The third-order valence-electron chi connectivity index (χ3n) is 6.10. The molecule has 180 valence electrons. The van der Waals surface area contributed by atoms with E-state index in [1.165, 1.54) is 19.1 Å². The Hall–Kier alpha value is -4.26. The van der Waals surface area contributed by atoms with E-state index in [4.69, 9.17) is 9.47 Å². The number of hydrogen-bond donors (Lipinski definition) is 1. The molecular weight excluding hydrogens is 444 g/mol. The highest BCUT2D eigenvalue weighted by Crippen LogP contribution is 2.43. The van der Waals surface area contributed by atoms with Gasteiger partial charge in [0.15, 0.2) is 11.5 Å². The van der Waals surface area contributed by atoms with Crippen molar-refractivity contribution in [3.8, 4) is 11.5 Å². The maximum Gasteiger partial charge on any atom is 0.300 e. The predicted octanol–water partition coefficient (Wildman–Crippen LogP) is 4.70. The molecule has 1 fully saturated rings. The highest BCUT2D eigenvalue weighted by atomic mass is 16.5. The normalized spacial score (nSPS) is 16.9. The van der Waals surface area contributed by atoms with E-state index in [0.717, 1.165) is 16.8 Å². The molecule has 1 saturated heterocycles. The van der Waals surface area contributed by atoms with Gasteiger partial charge in [0.25, 0.3) is 11.7 Å². The Morgan fingerprint density at radius 2 is 1.60 bits per heavy atom. The van der Waals surface area contributed by atoms with Crippen LogP contribution in [0.4, 0.5) is 11.4 Å². The molecule has 35 heavy (non-hydrogen) atoms. The van der Waals surface area contributed by atoms with Gasteiger partial charge in [-0.25, -0.2) is 0 Å². The van der Waals surface area contributed by atoms with Crippen LogP contribution in [0, 0.1) is 6.92 Å². The second kappa shape index (κ2) is 9.54. The lowest BCUT2D eigenvalue weighted by atomic mass is 9.94. The summed E-state index contributed by atoms with van der Waals surface area (Å²) in [5, 5.41) is 11.4. The van der Waals surface area contributed by atoms with Crippen LogP contribution >= 0.6 is 0 Å². The zero-order chi connectivity index (χ0) is 25.3. The number of ketones is 1. The Labute approximate surface area is 204 Å². The molecule has 0 aromatic heterocycles. The number of Topliss-reactive ketones (excluding diaryl/α,β-unsaturated/α-hetero) is 1. The van der Waals surface area contributed by atoms with Crippen LogP contribution in [0.15, 0.2) is 72.3 Å². The third-order valence-corrected chi connectivity index (χ3v) is 6.10. The number of methoxy groups -OCH3 is 2. The van der Waals surface area contributed by atoms with Crippen molar-refractivity contribution >= 4 is 28.8 Å². The topological polar surface area (TPSA) is 79.3 Å². The summed E-state index contributed by atoms with van der Waals surface area (Å²) in [6, 6.07) is 19.0. The molecule has 3 aromatic carbocycles. The fraction of sp³-hybridized carbons (Fsp3) is 0.214. The van der Waals surface area contributed by atoms with E-state index in [1.54, 1.807) is 30.3 Å². The molecule has 1 heterocycles. The number of carbonyl (C=O) groups is 2. The van der Waals surface area contributed by atoms with E-state index >= 15 is 0 Å². The third kappa shape index (κ3) is 4.33. The molecule has 1 aliphatic heterocycles. The number of ether oxygens (including phenoxy) is 2. The Kier molecular flexibility index (Phi) is 6.51. The van der Waals surface area contributed by atoms with Crippen LogP contribution in [-0.2, 0) is 9.59 Å². The van der Waals surface area contributed by atoms with Gasteiger partial charge in [-0.05, 0) is 55.0 Å². The van der Waals surface area contributed by atoms with Crippen molar-refractivity contribution in [3.05, 3.63) is 89.0 Å². The summed E-state index contributed by atoms with van der Waals surface area (Å²) in [6.45, 7) is 1.94. The molecule has 3 aromatic rings. The van der Waals surface area contributed by atoms with E-state index in [0.29, 0.717) is 22.7 Å². The van der Waals surface area contributed by atoms with Gasteiger partial charge in [0.1, 0.15) is 5.76 Å². The molecule has 1 aliphatic rings. The van der Waals surface area contributed by atoms with E-state index < -0.39 is 17.7 Å². The average Bonchev–Trinajstić information content (AvgIpc) is 3.13. The number of nitrogens with zero attached hydrogens (tertiary/aromatic N) is 2. The Bertz CT molecular complexity index is 1310. The molecule has 0 saturated carbocycles. The van der Waals surface area contributed by atoms with Crippen LogP contribution in [0.25, 0.3) is 5.76 Å². The maximum absolute atomic E-state index is 13.4. The number of rotatable bonds is 6. The van der Waals surface area contributed by atoms with Gasteiger partial charge in [0, 0.05) is 31.0 Å². The second-order valence-corrected chi connectivity index (χ2v) is 8.56. The first-order valence-corrected chi connectivity index (χ1v) is 11.1. The fourth-order valence-corrected chi connectivity index (χ4v) is 4.30. The summed E-state index contributed by atoms with van der Waals surface area (Å²) in [5.41, 5.74) is 3.59. The van der Waals surface area contributed by atoms with Crippen molar-refractivity contribution in [2.45, 2.75) is 13.0 Å². The van der Waals surface area contributed by atoms with E-state index in [1.807, 2.05) is 62.3 Å². The molecule has 0 aliphatic carbocycles. The summed E-state index contributed by atoms with van der Waals surface area (Å²) in [4.78, 5) is 30.1. The number of aliphatic hydroxyl groups excluding tert-OH is 1. The van der Waals surface area contributed by atoms with Gasteiger partial charge in [0.2, 0.25) is 0 Å². The van der Waals surface area contributed by atoms with Crippen LogP contribution in [-0.4, -0.2) is 45.1 Å². The number of hydrogen-bond acceptors (Lipinski definition) is 6. The van der Waals surface area contributed by atoms with Gasteiger partial charge in [-0.15, -0.1) is 0 Å². The van der Waals surface area contributed by atoms with Gasteiger partial charge < -0.3 is 19.5 Å². The first-order chi connectivity index (χ1) is 16.8. The van der Waals surface area contributed by atoms with Gasteiger partial charge in [-0.1, -0.05) is 29.8 Å². The van der Waals surface area contributed by atoms with Crippen LogP contribution in [0.1, 0.15) is 22.7 Å². The van der Waals surface area contributed by atoms with Crippen molar-refractivity contribution in [2.24, 2.45) is 0 Å². The number of aryl methyl sites for hydroxylation is 1. The van der Waals surface area contributed by atoms with Crippen molar-refractivity contribution in [3.63, 3.8) is 0 Å². The number of carbonyl (C=O) groups excluding carboxylic acids is 2. The standard InChI is InChI=1S/C28H28N2O5/c1-17-7-6-8-18(15-17)25-24(26(31)19-9-14-22(34-4)23(16-19)35-5)27(32)28(33)30(25)21-12-10-20(11-13-21)29(2)3/h6-16,25,31H,1-5H3/b26-24-. The van der Waals surface area contributed by atoms with Gasteiger partial charge >= 0.3 is 0 Å². The monoisotopic (exact) mass is 472 g/mol. The molecule has 1 atom stereocenters. The summed E-state index contributed by atoms with van der Waals surface area (Å²) < 4.78 is 10.6. The van der Waals surface area contributed by atoms with Crippen molar-refractivity contribution in [1.29, 1.82) is 0 Å². The van der Waals surface area contributed by atoms with E-state index in [9.17, 15) is 14.7 Å². The number of amides is 1. The molecule has 0 spiro atoms. The van der Waals surface area contributed by atoms with Crippen molar-refractivity contribution < 1.29 is 24.2 Å². The molecule has 0 radical (unpaired) electrons. The van der Waals surface area contributed by atoms with Crippen molar-refractivity contribution in [2.75, 3.05) is 38.1 Å². The first-order valence-electron chi connectivity index (χ1n) is 11.1. The van der Waals surface area contributed by atoms with Crippen LogP contribution in [0.5, 0.6) is 11.5 Å².